The molecular weight excluding hydrogens is 384 g/mol. The molecule has 2 amide bonds. The van der Waals surface area contributed by atoms with Gasteiger partial charge in [0, 0.05) is 10.7 Å². The highest BCUT2D eigenvalue weighted by molar-refractivity contribution is 6.46. The number of nitrogens with zero attached hydrogens (tertiary/aromatic N) is 1. The predicted molar refractivity (Wildman–Crippen MR) is 117 cm³/mol. The first-order chi connectivity index (χ1) is 13.9. The molecule has 1 heterocycles. The third kappa shape index (κ3) is 3.67. The van der Waals surface area contributed by atoms with Gasteiger partial charge in [-0.05, 0) is 55.3 Å². The second-order valence-corrected chi connectivity index (χ2v) is 7.47. The summed E-state index contributed by atoms with van der Waals surface area (Å²) in [5.41, 5.74) is 4.60. The van der Waals surface area contributed by atoms with Gasteiger partial charge in [0.15, 0.2) is 0 Å². The minimum absolute atomic E-state index is 0.254. The zero-order valence-corrected chi connectivity index (χ0v) is 16.8. The first-order valence-corrected chi connectivity index (χ1v) is 9.61. The zero-order valence-electron chi connectivity index (χ0n) is 16.1. The number of hydrogen-bond acceptors (Lipinski definition) is 3. The van der Waals surface area contributed by atoms with Crippen LogP contribution in [0.4, 0.5) is 11.4 Å². The van der Waals surface area contributed by atoms with E-state index in [2.05, 4.69) is 5.32 Å². The van der Waals surface area contributed by atoms with Crippen LogP contribution in [0.25, 0.3) is 5.57 Å². The number of rotatable bonds is 4. The number of carbonyl (C=O) groups excluding carboxylic acids is 2. The normalized spacial score (nSPS) is 14.0. The summed E-state index contributed by atoms with van der Waals surface area (Å²) in [6.45, 7) is 3.95. The number of imide groups is 1. The molecule has 1 aliphatic rings. The third-order valence-corrected chi connectivity index (χ3v) is 5.01. The summed E-state index contributed by atoms with van der Waals surface area (Å²) in [6.07, 6.45) is 0. The summed E-state index contributed by atoms with van der Waals surface area (Å²) in [7, 11) is 0. The van der Waals surface area contributed by atoms with Crippen LogP contribution >= 0.6 is 11.6 Å². The minimum Gasteiger partial charge on any atom is -0.350 e. The second-order valence-electron chi connectivity index (χ2n) is 7.04. The highest BCUT2D eigenvalue weighted by Crippen LogP contribution is 2.34. The van der Waals surface area contributed by atoms with Crippen molar-refractivity contribution in [2.45, 2.75) is 13.8 Å². The molecule has 0 aliphatic carbocycles. The van der Waals surface area contributed by atoms with Crippen molar-refractivity contribution in [3.8, 4) is 0 Å². The molecule has 1 aliphatic heterocycles. The molecule has 144 valence electrons. The maximum absolute atomic E-state index is 13.3. The van der Waals surface area contributed by atoms with Crippen molar-refractivity contribution in [3.05, 3.63) is 100 Å². The summed E-state index contributed by atoms with van der Waals surface area (Å²) < 4.78 is 0. The van der Waals surface area contributed by atoms with Crippen LogP contribution < -0.4 is 10.2 Å². The predicted octanol–water partition coefficient (Wildman–Crippen LogP) is 5.35. The summed E-state index contributed by atoms with van der Waals surface area (Å²) >= 11 is 6.09. The van der Waals surface area contributed by atoms with Gasteiger partial charge in [-0.3, -0.25) is 9.59 Å². The highest BCUT2D eigenvalue weighted by Gasteiger charge is 2.40. The third-order valence-electron chi connectivity index (χ3n) is 4.78. The Hall–Kier alpha value is -3.37. The van der Waals surface area contributed by atoms with Crippen molar-refractivity contribution in [1.82, 2.24) is 0 Å². The topological polar surface area (TPSA) is 49.4 Å². The van der Waals surface area contributed by atoms with E-state index in [9.17, 15) is 9.59 Å². The highest BCUT2D eigenvalue weighted by atomic mass is 35.5. The molecule has 0 atom stereocenters. The van der Waals surface area contributed by atoms with Crippen LogP contribution in [0.2, 0.25) is 5.02 Å². The van der Waals surface area contributed by atoms with Crippen LogP contribution in [0.15, 0.2) is 78.5 Å². The first-order valence-electron chi connectivity index (χ1n) is 9.23. The summed E-state index contributed by atoms with van der Waals surface area (Å²) in [6, 6.07) is 22.0. The van der Waals surface area contributed by atoms with E-state index in [1.807, 2.05) is 62.4 Å². The average Bonchev–Trinajstić information content (AvgIpc) is 2.92. The van der Waals surface area contributed by atoms with E-state index in [1.54, 1.807) is 24.3 Å². The van der Waals surface area contributed by atoms with Crippen molar-refractivity contribution in [2.24, 2.45) is 0 Å². The van der Waals surface area contributed by atoms with Crippen LogP contribution in [-0.2, 0) is 9.59 Å². The van der Waals surface area contributed by atoms with E-state index in [1.165, 1.54) is 4.90 Å². The van der Waals surface area contributed by atoms with Gasteiger partial charge in [0.25, 0.3) is 11.8 Å². The van der Waals surface area contributed by atoms with Crippen LogP contribution in [0.5, 0.6) is 0 Å². The van der Waals surface area contributed by atoms with E-state index in [0.29, 0.717) is 21.8 Å². The van der Waals surface area contributed by atoms with E-state index in [4.69, 9.17) is 11.6 Å². The summed E-state index contributed by atoms with van der Waals surface area (Å²) in [5.74, 6) is -0.786. The van der Waals surface area contributed by atoms with Gasteiger partial charge in [-0.1, -0.05) is 59.6 Å². The van der Waals surface area contributed by atoms with E-state index in [-0.39, 0.29) is 11.6 Å². The Morgan fingerprint density at radius 2 is 1.52 bits per heavy atom. The molecule has 4 rings (SSSR count). The van der Waals surface area contributed by atoms with Crippen molar-refractivity contribution < 1.29 is 9.59 Å². The molecule has 1 N–H and O–H groups in total. The molecule has 3 aromatic rings. The first kappa shape index (κ1) is 19.0. The fraction of sp³-hybridized carbons (Fsp3) is 0.0833. The van der Waals surface area contributed by atoms with Gasteiger partial charge in [-0.25, -0.2) is 4.90 Å². The molecular formula is C24H19ClN2O2. The van der Waals surface area contributed by atoms with Crippen LogP contribution in [0, 0.1) is 13.8 Å². The Morgan fingerprint density at radius 1 is 0.793 bits per heavy atom. The molecule has 0 bridgehead atoms. The van der Waals surface area contributed by atoms with Crippen LogP contribution in [0.1, 0.15) is 16.7 Å². The number of carbonyl (C=O) groups is 2. The number of benzene rings is 3. The van der Waals surface area contributed by atoms with Gasteiger partial charge in [-0.15, -0.1) is 0 Å². The van der Waals surface area contributed by atoms with Gasteiger partial charge < -0.3 is 5.32 Å². The molecule has 0 saturated carbocycles. The van der Waals surface area contributed by atoms with Crippen molar-refractivity contribution >= 4 is 40.4 Å². The Bertz CT molecular complexity index is 1150. The molecule has 0 unspecified atom stereocenters. The summed E-state index contributed by atoms with van der Waals surface area (Å²) in [5, 5.41) is 3.63. The molecule has 29 heavy (non-hydrogen) atoms. The van der Waals surface area contributed by atoms with Gasteiger partial charge in [0.05, 0.1) is 11.3 Å². The number of aryl methyl sites for hydroxylation is 2. The van der Waals surface area contributed by atoms with E-state index < -0.39 is 5.91 Å². The van der Waals surface area contributed by atoms with Crippen molar-refractivity contribution in [2.75, 3.05) is 10.2 Å². The van der Waals surface area contributed by atoms with Gasteiger partial charge in [0.1, 0.15) is 5.70 Å². The van der Waals surface area contributed by atoms with E-state index in [0.717, 1.165) is 16.8 Å². The lowest BCUT2D eigenvalue weighted by Gasteiger charge is -2.15. The van der Waals surface area contributed by atoms with Gasteiger partial charge >= 0.3 is 0 Å². The Morgan fingerprint density at radius 3 is 2.21 bits per heavy atom. The minimum atomic E-state index is -0.408. The Balaban J connectivity index is 1.83. The number of anilines is 2. The maximum Gasteiger partial charge on any atom is 0.282 e. The largest absolute Gasteiger partial charge is 0.350 e. The zero-order chi connectivity index (χ0) is 20.5. The number of nitrogens with one attached hydrogen (secondary N) is 1. The van der Waals surface area contributed by atoms with E-state index >= 15 is 0 Å². The lowest BCUT2D eigenvalue weighted by molar-refractivity contribution is -0.120. The molecule has 0 spiro atoms. The molecule has 5 heteroatoms. The molecule has 3 aromatic carbocycles. The standard InChI is InChI=1S/C24H19ClN2O2/c1-15-9-11-17(12-10-15)21-22(26-19-7-3-5-16(2)13-19)24(29)27(23(21)28)20-8-4-6-18(25)14-20/h3-14,26H,1-2H3. The average molecular weight is 403 g/mol. The van der Waals surface area contributed by atoms with Crippen molar-refractivity contribution in [1.29, 1.82) is 0 Å². The lowest BCUT2D eigenvalue weighted by atomic mass is 10.0. The fourth-order valence-electron chi connectivity index (χ4n) is 3.35. The SMILES string of the molecule is Cc1ccc(C2=C(Nc3cccc(C)c3)C(=O)N(c3cccc(Cl)c3)C2=O)cc1. The number of halogens is 1. The Kier molecular flexibility index (Phi) is 4.95. The maximum atomic E-state index is 13.3. The monoisotopic (exact) mass is 402 g/mol. The molecule has 0 radical (unpaired) electrons. The van der Waals surface area contributed by atoms with Gasteiger partial charge in [0.2, 0.25) is 0 Å². The second kappa shape index (κ2) is 7.57. The smallest absolute Gasteiger partial charge is 0.282 e. The molecule has 0 fully saturated rings. The van der Waals surface area contributed by atoms with Crippen LogP contribution in [-0.4, -0.2) is 11.8 Å². The number of amides is 2. The lowest BCUT2D eigenvalue weighted by Crippen LogP contribution is -2.32. The van der Waals surface area contributed by atoms with Crippen molar-refractivity contribution in [3.63, 3.8) is 0 Å². The summed E-state index contributed by atoms with van der Waals surface area (Å²) in [4.78, 5) is 27.8. The van der Waals surface area contributed by atoms with Crippen LogP contribution in [0.3, 0.4) is 0 Å². The quantitative estimate of drug-likeness (QED) is 0.598. The molecule has 0 aromatic heterocycles. The molecule has 4 nitrogen and oxygen atoms in total. The Labute approximate surface area is 174 Å². The molecule has 0 saturated heterocycles. The van der Waals surface area contributed by atoms with Gasteiger partial charge in [-0.2, -0.15) is 0 Å². The number of hydrogen-bond donors (Lipinski definition) is 1. The fourth-order valence-corrected chi connectivity index (χ4v) is 3.54.